The smallest absolute Gasteiger partial charge is 0.416 e. The van der Waals surface area contributed by atoms with Gasteiger partial charge < -0.3 is 4.74 Å². The molecule has 0 N–H and O–H groups in total. The first kappa shape index (κ1) is 11.0. The van der Waals surface area contributed by atoms with E-state index >= 15 is 0 Å². The van der Waals surface area contributed by atoms with Crippen molar-refractivity contribution < 1.29 is 22.7 Å². The van der Waals surface area contributed by atoms with Gasteiger partial charge in [0.15, 0.2) is 0 Å². The van der Waals surface area contributed by atoms with Crippen LogP contribution in [0.2, 0.25) is 0 Å². The molecule has 0 unspecified atom stereocenters. The molecule has 0 radical (unpaired) electrons. The van der Waals surface area contributed by atoms with E-state index in [1.807, 2.05) is 0 Å². The Morgan fingerprint density at radius 1 is 1.25 bits per heavy atom. The molecule has 16 heavy (non-hydrogen) atoms. The number of ether oxygens (including phenoxy) is 1. The summed E-state index contributed by atoms with van der Waals surface area (Å²) in [4.78, 5) is 10.5. The Labute approximate surface area is 90.0 Å². The van der Waals surface area contributed by atoms with Gasteiger partial charge in [-0.3, -0.25) is 4.79 Å². The molecule has 1 aromatic rings. The molecule has 1 fully saturated rings. The summed E-state index contributed by atoms with van der Waals surface area (Å²) in [7, 11) is 0. The minimum absolute atomic E-state index is 0.00276. The second kappa shape index (κ2) is 3.81. The van der Waals surface area contributed by atoms with Gasteiger partial charge in [0.05, 0.1) is 11.7 Å². The fourth-order valence-electron chi connectivity index (χ4n) is 1.30. The zero-order valence-corrected chi connectivity index (χ0v) is 8.25. The van der Waals surface area contributed by atoms with Crippen molar-refractivity contribution in [1.29, 1.82) is 0 Å². The summed E-state index contributed by atoms with van der Waals surface area (Å²) in [5.74, 6) is 0.111. The van der Waals surface area contributed by atoms with Crippen molar-refractivity contribution >= 4 is 6.29 Å². The molecule has 2 nitrogen and oxygen atoms in total. The predicted molar refractivity (Wildman–Crippen MR) is 50.5 cm³/mol. The lowest BCUT2D eigenvalue weighted by Crippen LogP contribution is -2.07. The van der Waals surface area contributed by atoms with Gasteiger partial charge in [0.1, 0.15) is 12.0 Å². The molecular weight excluding hydrogens is 221 g/mol. The van der Waals surface area contributed by atoms with E-state index < -0.39 is 11.7 Å². The Morgan fingerprint density at radius 3 is 2.44 bits per heavy atom. The monoisotopic (exact) mass is 230 g/mol. The highest BCUT2D eigenvalue weighted by atomic mass is 19.4. The van der Waals surface area contributed by atoms with Gasteiger partial charge in [0.25, 0.3) is 0 Å². The van der Waals surface area contributed by atoms with Crippen molar-refractivity contribution in [3.8, 4) is 5.75 Å². The van der Waals surface area contributed by atoms with E-state index in [0.717, 1.165) is 25.0 Å². The van der Waals surface area contributed by atoms with Crippen LogP contribution in [-0.2, 0) is 6.18 Å². The largest absolute Gasteiger partial charge is 0.490 e. The normalized spacial score (nSPS) is 15.9. The predicted octanol–water partition coefficient (Wildman–Crippen LogP) is 3.06. The third kappa shape index (κ3) is 2.53. The second-order valence-electron chi connectivity index (χ2n) is 3.72. The molecular formula is C11H9F3O2. The van der Waals surface area contributed by atoms with Crippen molar-refractivity contribution in [2.45, 2.75) is 25.1 Å². The molecule has 1 aromatic carbocycles. The van der Waals surface area contributed by atoms with Crippen LogP contribution in [0, 0.1) is 0 Å². The number of hydrogen-bond donors (Lipinski definition) is 0. The van der Waals surface area contributed by atoms with E-state index in [1.165, 1.54) is 6.07 Å². The molecule has 0 aromatic heterocycles. The quantitative estimate of drug-likeness (QED) is 0.746. The van der Waals surface area contributed by atoms with Gasteiger partial charge in [0.2, 0.25) is 0 Å². The van der Waals surface area contributed by atoms with Gasteiger partial charge in [-0.15, -0.1) is 0 Å². The van der Waals surface area contributed by atoms with Gasteiger partial charge in [0, 0.05) is 5.56 Å². The molecule has 0 bridgehead atoms. The summed E-state index contributed by atoms with van der Waals surface area (Å²) in [6.45, 7) is 0. The van der Waals surface area contributed by atoms with Crippen LogP contribution >= 0.6 is 0 Å². The molecule has 0 saturated heterocycles. The number of aldehydes is 1. The molecule has 1 saturated carbocycles. The van der Waals surface area contributed by atoms with Gasteiger partial charge >= 0.3 is 6.18 Å². The first-order chi connectivity index (χ1) is 7.49. The summed E-state index contributed by atoms with van der Waals surface area (Å²) in [5.41, 5.74) is -0.877. The lowest BCUT2D eigenvalue weighted by molar-refractivity contribution is -0.137. The van der Waals surface area contributed by atoms with Crippen molar-refractivity contribution in [1.82, 2.24) is 0 Å². The number of rotatable bonds is 3. The van der Waals surface area contributed by atoms with Crippen LogP contribution in [-0.4, -0.2) is 12.4 Å². The van der Waals surface area contributed by atoms with Gasteiger partial charge in [-0.25, -0.2) is 0 Å². The Balaban J connectivity index is 2.33. The van der Waals surface area contributed by atoms with Crippen LogP contribution in [0.3, 0.4) is 0 Å². The highest BCUT2D eigenvalue weighted by Gasteiger charge is 2.32. The minimum Gasteiger partial charge on any atom is -0.490 e. The molecule has 0 amide bonds. The average molecular weight is 230 g/mol. The Bertz CT molecular complexity index is 408. The molecule has 0 atom stereocenters. The molecule has 0 spiro atoms. The summed E-state index contributed by atoms with van der Waals surface area (Å²) in [6, 6.07) is 3.05. The Hall–Kier alpha value is -1.52. The highest BCUT2D eigenvalue weighted by molar-refractivity contribution is 5.76. The van der Waals surface area contributed by atoms with Crippen molar-refractivity contribution in [3.05, 3.63) is 29.3 Å². The molecule has 5 heteroatoms. The Kier molecular flexibility index (Phi) is 2.61. The van der Waals surface area contributed by atoms with Crippen LogP contribution in [0.4, 0.5) is 13.2 Å². The number of carbonyl (C=O) groups is 1. The fourth-order valence-corrected chi connectivity index (χ4v) is 1.30. The topological polar surface area (TPSA) is 26.3 Å². The summed E-state index contributed by atoms with van der Waals surface area (Å²) in [5, 5.41) is 0. The van der Waals surface area contributed by atoms with E-state index in [-0.39, 0.29) is 17.4 Å². The SMILES string of the molecule is O=Cc1cc(OC2CC2)cc(C(F)(F)F)c1. The number of hydrogen-bond acceptors (Lipinski definition) is 2. The molecule has 2 rings (SSSR count). The van der Waals surface area contributed by atoms with Crippen molar-refractivity contribution in [2.75, 3.05) is 0 Å². The van der Waals surface area contributed by atoms with Crippen LogP contribution in [0.15, 0.2) is 18.2 Å². The lowest BCUT2D eigenvalue weighted by Gasteiger charge is -2.10. The zero-order valence-electron chi connectivity index (χ0n) is 8.25. The molecule has 86 valence electrons. The maximum Gasteiger partial charge on any atom is 0.416 e. The van der Waals surface area contributed by atoms with Crippen LogP contribution < -0.4 is 4.74 Å². The van der Waals surface area contributed by atoms with E-state index in [1.54, 1.807) is 0 Å². The first-order valence-corrected chi connectivity index (χ1v) is 4.83. The summed E-state index contributed by atoms with van der Waals surface area (Å²) >= 11 is 0. The van der Waals surface area contributed by atoms with Gasteiger partial charge in [-0.1, -0.05) is 0 Å². The Morgan fingerprint density at radius 2 is 1.94 bits per heavy atom. The number of halogens is 3. The number of alkyl halides is 3. The van der Waals surface area contributed by atoms with Gasteiger partial charge in [-0.2, -0.15) is 13.2 Å². The molecule has 1 aliphatic rings. The number of benzene rings is 1. The zero-order chi connectivity index (χ0) is 11.8. The van der Waals surface area contributed by atoms with Crippen LogP contribution in [0.1, 0.15) is 28.8 Å². The van der Waals surface area contributed by atoms with E-state index in [4.69, 9.17) is 4.74 Å². The highest BCUT2D eigenvalue weighted by Crippen LogP contribution is 2.34. The number of carbonyl (C=O) groups excluding carboxylic acids is 1. The van der Waals surface area contributed by atoms with Crippen molar-refractivity contribution in [2.24, 2.45) is 0 Å². The van der Waals surface area contributed by atoms with E-state index in [0.29, 0.717) is 6.29 Å². The molecule has 0 heterocycles. The van der Waals surface area contributed by atoms with Crippen molar-refractivity contribution in [3.63, 3.8) is 0 Å². The second-order valence-corrected chi connectivity index (χ2v) is 3.72. The lowest BCUT2D eigenvalue weighted by atomic mass is 10.1. The summed E-state index contributed by atoms with van der Waals surface area (Å²) in [6.07, 6.45) is -2.36. The standard InChI is InChI=1S/C11H9F3O2/c12-11(13,14)8-3-7(6-15)4-10(5-8)16-9-1-2-9/h3-6,9H,1-2H2. The summed E-state index contributed by atoms with van der Waals surface area (Å²) < 4.78 is 42.6. The van der Waals surface area contributed by atoms with E-state index in [2.05, 4.69) is 0 Å². The fraction of sp³-hybridized carbons (Fsp3) is 0.364. The first-order valence-electron chi connectivity index (χ1n) is 4.83. The maximum absolute atomic E-state index is 12.5. The third-order valence-corrected chi connectivity index (χ3v) is 2.22. The average Bonchev–Trinajstić information content (AvgIpc) is 3.00. The molecule has 0 aliphatic heterocycles. The maximum atomic E-state index is 12.5. The van der Waals surface area contributed by atoms with Crippen LogP contribution in [0.5, 0.6) is 5.75 Å². The minimum atomic E-state index is -4.46. The van der Waals surface area contributed by atoms with Crippen LogP contribution in [0.25, 0.3) is 0 Å². The molecule has 1 aliphatic carbocycles. The van der Waals surface area contributed by atoms with E-state index in [9.17, 15) is 18.0 Å². The third-order valence-electron chi connectivity index (χ3n) is 2.22. The van der Waals surface area contributed by atoms with Gasteiger partial charge in [-0.05, 0) is 31.0 Å².